The monoisotopic (exact) mass is 379 g/mol. The number of hydrogen-bond acceptors (Lipinski definition) is 6. The van der Waals surface area contributed by atoms with Crippen LogP contribution in [0.5, 0.6) is 11.5 Å². The van der Waals surface area contributed by atoms with Crippen LogP contribution < -0.4 is 14.4 Å². The van der Waals surface area contributed by atoms with Crippen LogP contribution in [0.15, 0.2) is 36.7 Å². The number of fused-ring (bicyclic) bond motifs is 1. The van der Waals surface area contributed by atoms with E-state index in [1.165, 1.54) is 0 Å². The number of anilines is 1. The van der Waals surface area contributed by atoms with E-state index in [2.05, 4.69) is 29.0 Å². The van der Waals surface area contributed by atoms with Gasteiger partial charge in [0.15, 0.2) is 17.3 Å². The Hall–Kier alpha value is -3.42. The van der Waals surface area contributed by atoms with Crippen LogP contribution in [0.4, 0.5) is 5.82 Å². The summed E-state index contributed by atoms with van der Waals surface area (Å²) in [7, 11) is 3.13. The van der Waals surface area contributed by atoms with Crippen molar-refractivity contribution in [2.24, 2.45) is 0 Å². The first-order valence-electron chi connectivity index (χ1n) is 8.97. The van der Waals surface area contributed by atoms with Crippen molar-refractivity contribution in [2.75, 3.05) is 19.1 Å². The largest absolute Gasteiger partial charge is 0.493 e. The zero-order valence-corrected chi connectivity index (χ0v) is 16.2. The molecule has 8 nitrogen and oxygen atoms in total. The second-order valence-corrected chi connectivity index (χ2v) is 6.79. The van der Waals surface area contributed by atoms with Crippen molar-refractivity contribution in [3.05, 3.63) is 47.8 Å². The number of aromatic nitrogens is 4. The Morgan fingerprint density at radius 3 is 2.57 bits per heavy atom. The Balaban J connectivity index is 1.71. The molecule has 0 fully saturated rings. The third-order valence-electron chi connectivity index (χ3n) is 4.78. The summed E-state index contributed by atoms with van der Waals surface area (Å²) in [4.78, 5) is 19.3. The average molecular weight is 379 g/mol. The maximum Gasteiger partial charge on any atom is 0.260 e. The molecule has 28 heavy (non-hydrogen) atoms. The summed E-state index contributed by atoms with van der Waals surface area (Å²) in [6.45, 7) is 4.53. The van der Waals surface area contributed by atoms with E-state index in [1.807, 2.05) is 28.8 Å². The number of rotatable bonds is 5. The van der Waals surface area contributed by atoms with Gasteiger partial charge in [-0.1, -0.05) is 6.07 Å². The standard InChI is InChI=1S/C20H21N5O3/c1-12(2)25-11-21-23-19(25)15-6-5-7-18(22-15)24-10-13-8-16(27-3)17(28-4)9-14(13)20(24)26/h5-9,11-12H,10H2,1-4H3. The number of benzene rings is 1. The number of pyridine rings is 1. The maximum atomic E-state index is 13.0. The number of amides is 1. The van der Waals surface area contributed by atoms with Crippen LogP contribution in [0.25, 0.3) is 11.5 Å². The summed E-state index contributed by atoms with van der Waals surface area (Å²) >= 11 is 0. The fourth-order valence-electron chi connectivity index (χ4n) is 3.33. The third kappa shape index (κ3) is 2.87. The van der Waals surface area contributed by atoms with Crippen LogP contribution in [0.2, 0.25) is 0 Å². The van der Waals surface area contributed by atoms with Crippen molar-refractivity contribution in [3.63, 3.8) is 0 Å². The fraction of sp³-hybridized carbons (Fsp3) is 0.300. The molecule has 0 spiro atoms. The Morgan fingerprint density at radius 1 is 1.11 bits per heavy atom. The van der Waals surface area contributed by atoms with Crippen LogP contribution in [0.1, 0.15) is 35.8 Å². The normalized spacial score (nSPS) is 13.2. The Morgan fingerprint density at radius 2 is 1.86 bits per heavy atom. The molecule has 0 bridgehead atoms. The molecule has 0 saturated heterocycles. The van der Waals surface area contributed by atoms with E-state index in [9.17, 15) is 4.79 Å². The lowest BCUT2D eigenvalue weighted by Gasteiger charge is -2.16. The molecule has 3 aromatic rings. The van der Waals surface area contributed by atoms with Gasteiger partial charge in [0.2, 0.25) is 0 Å². The minimum absolute atomic E-state index is 0.120. The van der Waals surface area contributed by atoms with Crippen LogP contribution in [0.3, 0.4) is 0 Å². The molecule has 1 aliphatic rings. The van der Waals surface area contributed by atoms with Gasteiger partial charge in [0.25, 0.3) is 5.91 Å². The molecule has 4 rings (SSSR count). The summed E-state index contributed by atoms with van der Waals surface area (Å²) in [5, 5.41) is 8.19. The van der Waals surface area contributed by atoms with Crippen LogP contribution >= 0.6 is 0 Å². The van der Waals surface area contributed by atoms with Gasteiger partial charge >= 0.3 is 0 Å². The van der Waals surface area contributed by atoms with Crippen molar-refractivity contribution in [2.45, 2.75) is 26.4 Å². The summed E-state index contributed by atoms with van der Waals surface area (Å²) in [6, 6.07) is 9.31. The summed E-state index contributed by atoms with van der Waals surface area (Å²) in [5.41, 5.74) is 2.14. The molecule has 1 amide bonds. The topological polar surface area (TPSA) is 82.4 Å². The Kier molecular flexibility index (Phi) is 4.46. The molecular weight excluding hydrogens is 358 g/mol. The highest BCUT2D eigenvalue weighted by molar-refractivity contribution is 6.10. The number of nitrogens with zero attached hydrogens (tertiary/aromatic N) is 5. The highest BCUT2D eigenvalue weighted by atomic mass is 16.5. The van der Waals surface area contributed by atoms with Crippen molar-refractivity contribution in [1.82, 2.24) is 19.7 Å². The van der Waals surface area contributed by atoms with E-state index in [4.69, 9.17) is 9.47 Å². The molecule has 1 aromatic carbocycles. The van der Waals surface area contributed by atoms with Crippen LogP contribution in [0, 0.1) is 0 Å². The number of hydrogen-bond donors (Lipinski definition) is 0. The third-order valence-corrected chi connectivity index (χ3v) is 4.78. The predicted molar refractivity (Wildman–Crippen MR) is 104 cm³/mol. The minimum atomic E-state index is -0.120. The lowest BCUT2D eigenvalue weighted by atomic mass is 10.1. The zero-order valence-electron chi connectivity index (χ0n) is 16.2. The molecule has 2 aromatic heterocycles. The quantitative estimate of drug-likeness (QED) is 0.677. The van der Waals surface area contributed by atoms with Crippen molar-refractivity contribution in [3.8, 4) is 23.0 Å². The van der Waals surface area contributed by atoms with Crippen molar-refractivity contribution < 1.29 is 14.3 Å². The molecule has 0 radical (unpaired) electrons. The fourth-order valence-corrected chi connectivity index (χ4v) is 3.33. The summed E-state index contributed by atoms with van der Waals surface area (Å²) in [5.74, 6) is 2.25. The first kappa shape index (κ1) is 18.0. The predicted octanol–water partition coefficient (Wildman–Crippen LogP) is 3.10. The lowest BCUT2D eigenvalue weighted by Crippen LogP contribution is -2.24. The SMILES string of the molecule is COc1cc2c(cc1OC)C(=O)N(c1cccc(-c3nncn3C(C)C)n1)C2. The van der Waals surface area contributed by atoms with E-state index >= 15 is 0 Å². The van der Waals surface area contributed by atoms with Crippen molar-refractivity contribution in [1.29, 1.82) is 0 Å². The van der Waals surface area contributed by atoms with Gasteiger partial charge in [0.05, 0.1) is 20.8 Å². The van der Waals surface area contributed by atoms with Gasteiger partial charge in [-0.15, -0.1) is 10.2 Å². The van der Waals surface area contributed by atoms with Gasteiger partial charge in [-0.05, 0) is 43.7 Å². The molecular formula is C20H21N5O3. The van der Waals surface area contributed by atoms with Gasteiger partial charge in [-0.25, -0.2) is 4.98 Å². The highest BCUT2D eigenvalue weighted by Crippen LogP contribution is 2.36. The molecule has 0 atom stereocenters. The van der Waals surface area contributed by atoms with Gasteiger partial charge in [0, 0.05) is 11.6 Å². The van der Waals surface area contributed by atoms with Gasteiger partial charge in [0.1, 0.15) is 17.8 Å². The molecule has 144 valence electrons. The first-order chi connectivity index (χ1) is 13.5. The van der Waals surface area contributed by atoms with E-state index in [0.717, 1.165) is 5.56 Å². The average Bonchev–Trinajstić information content (AvgIpc) is 3.32. The zero-order chi connectivity index (χ0) is 19.8. The minimum Gasteiger partial charge on any atom is -0.493 e. The van der Waals surface area contributed by atoms with Gasteiger partial charge in [-0.2, -0.15) is 0 Å². The van der Waals surface area contributed by atoms with Gasteiger partial charge in [-0.3, -0.25) is 9.69 Å². The number of carbonyl (C=O) groups is 1. The summed E-state index contributed by atoms with van der Waals surface area (Å²) < 4.78 is 12.6. The second kappa shape index (κ2) is 6.95. The molecule has 0 unspecified atom stereocenters. The Bertz CT molecular complexity index is 1040. The molecule has 0 saturated carbocycles. The maximum absolute atomic E-state index is 13.0. The van der Waals surface area contributed by atoms with Gasteiger partial charge < -0.3 is 14.0 Å². The van der Waals surface area contributed by atoms with Crippen LogP contribution in [-0.4, -0.2) is 39.9 Å². The number of ether oxygens (including phenoxy) is 2. The molecule has 8 heteroatoms. The number of methoxy groups -OCH3 is 2. The highest BCUT2D eigenvalue weighted by Gasteiger charge is 2.31. The van der Waals surface area contributed by atoms with Crippen molar-refractivity contribution >= 4 is 11.7 Å². The molecule has 3 heterocycles. The molecule has 0 N–H and O–H groups in total. The summed E-state index contributed by atoms with van der Waals surface area (Å²) in [6.07, 6.45) is 1.68. The lowest BCUT2D eigenvalue weighted by molar-refractivity contribution is 0.0995. The van der Waals surface area contributed by atoms with E-state index in [-0.39, 0.29) is 11.9 Å². The number of carbonyl (C=O) groups excluding carboxylic acids is 1. The van der Waals surface area contributed by atoms with E-state index in [0.29, 0.717) is 40.9 Å². The Labute approximate surface area is 162 Å². The smallest absolute Gasteiger partial charge is 0.260 e. The van der Waals surface area contributed by atoms with E-state index in [1.54, 1.807) is 31.5 Å². The van der Waals surface area contributed by atoms with Crippen LogP contribution in [-0.2, 0) is 6.54 Å². The molecule has 0 aliphatic carbocycles. The molecule has 1 aliphatic heterocycles. The first-order valence-corrected chi connectivity index (χ1v) is 8.97. The van der Waals surface area contributed by atoms with E-state index < -0.39 is 0 Å². The second-order valence-electron chi connectivity index (χ2n) is 6.79.